The van der Waals surface area contributed by atoms with Crippen LogP contribution >= 0.6 is 0 Å². The molecule has 0 aromatic carbocycles. The average Bonchev–Trinajstić information content (AvgIpc) is 1.59. The number of carbonyl (C=O) groups is 1. The lowest BCUT2D eigenvalue weighted by Crippen LogP contribution is -2.39. The number of hydrogen-bond acceptors (Lipinski definition) is 2. The Labute approximate surface area is 61.6 Å². The molecule has 0 aromatic heterocycles. The van der Waals surface area contributed by atoms with Gasteiger partial charge in [0.05, 0.1) is 0 Å². The normalized spacial score (nSPS) is 14.2. The molecule has 0 saturated carbocycles. The summed E-state index contributed by atoms with van der Waals surface area (Å²) in [5.41, 5.74) is 0. The van der Waals surface area contributed by atoms with Crippen LogP contribution in [0.4, 0.5) is 0 Å². The fourth-order valence-corrected chi connectivity index (χ4v) is 1.13. The largest absolute Gasteiger partial charge is 0.564 e. The maximum Gasteiger partial charge on any atom is 0.533 e. The van der Waals surface area contributed by atoms with Crippen LogP contribution < -0.4 is 0 Å². The average molecular weight is 146 g/mol. The molecule has 0 aliphatic carbocycles. The first-order chi connectivity index (χ1) is 4.46. The number of hydrogen-bond donors (Lipinski definition) is 0. The van der Waals surface area contributed by atoms with Crippen LogP contribution in [-0.2, 0) is 4.79 Å². The first-order valence-electron chi connectivity index (χ1n) is 3.38. The van der Waals surface area contributed by atoms with Crippen molar-refractivity contribution in [3.63, 3.8) is 0 Å². The molecule has 0 aliphatic heterocycles. The smallest absolute Gasteiger partial charge is 0.533 e. The van der Waals surface area contributed by atoms with E-state index >= 15 is 0 Å². The zero-order chi connectivity index (χ0) is 8.31. The zero-order valence-corrected chi connectivity index (χ0v) is 7.01. The predicted octanol–water partition coefficient (Wildman–Crippen LogP) is -0.176. The van der Waals surface area contributed by atoms with Crippen molar-refractivity contribution in [2.75, 3.05) is 14.1 Å². The van der Waals surface area contributed by atoms with E-state index in [1.165, 1.54) is 0 Å². The van der Waals surface area contributed by atoms with Gasteiger partial charge in [0.1, 0.15) is 0 Å². The molecular weight excluding hydrogens is 130 g/mol. The Hall–Kier alpha value is -0.570. The SMILES string of the molecule is CC(C)[C@H](C(=O)[OH2+])N(C)C. The Bertz CT molecular complexity index is 113. The Kier molecular flexibility index (Phi) is 3.36. The van der Waals surface area contributed by atoms with Crippen molar-refractivity contribution in [1.82, 2.24) is 4.90 Å². The van der Waals surface area contributed by atoms with Crippen LogP contribution in [0.3, 0.4) is 0 Å². The second-order valence-corrected chi connectivity index (χ2v) is 3.02. The van der Waals surface area contributed by atoms with E-state index in [1.54, 1.807) is 4.90 Å². The summed E-state index contributed by atoms with van der Waals surface area (Å²) in [5.74, 6) is -0.278. The van der Waals surface area contributed by atoms with Crippen LogP contribution in [0.5, 0.6) is 0 Å². The maximum absolute atomic E-state index is 10.7. The van der Waals surface area contributed by atoms with Gasteiger partial charge in [-0.15, -0.1) is 0 Å². The summed E-state index contributed by atoms with van der Waals surface area (Å²) in [6.07, 6.45) is 0. The lowest BCUT2D eigenvalue weighted by molar-refractivity contribution is -0.143. The van der Waals surface area contributed by atoms with Crippen LogP contribution in [0.15, 0.2) is 0 Å². The van der Waals surface area contributed by atoms with Crippen molar-refractivity contribution in [2.24, 2.45) is 5.92 Å². The van der Waals surface area contributed by atoms with Crippen LogP contribution in [0, 0.1) is 5.92 Å². The van der Waals surface area contributed by atoms with E-state index in [4.69, 9.17) is 5.11 Å². The van der Waals surface area contributed by atoms with Crippen LogP contribution in [0.1, 0.15) is 13.8 Å². The summed E-state index contributed by atoms with van der Waals surface area (Å²) in [6, 6.07) is -0.250. The van der Waals surface area contributed by atoms with Gasteiger partial charge in [-0.05, 0) is 20.0 Å². The number of carbonyl (C=O) groups excluding carboxylic acids is 1. The Balaban J connectivity index is 4.12. The minimum Gasteiger partial charge on any atom is -0.564 e. The third kappa shape index (κ3) is 2.35. The second kappa shape index (κ2) is 3.56. The molecule has 60 valence electrons. The number of likely N-dealkylation sites (N-methyl/N-ethyl adjacent to an activating group) is 1. The van der Waals surface area contributed by atoms with Gasteiger partial charge in [-0.1, -0.05) is 13.8 Å². The van der Waals surface area contributed by atoms with Crippen LogP contribution in [0.25, 0.3) is 0 Å². The van der Waals surface area contributed by atoms with Gasteiger partial charge in [-0.25, -0.2) is 0 Å². The molecule has 3 heteroatoms. The van der Waals surface area contributed by atoms with Crippen molar-refractivity contribution in [3.8, 4) is 0 Å². The van der Waals surface area contributed by atoms with E-state index in [-0.39, 0.29) is 12.0 Å². The number of rotatable bonds is 3. The van der Waals surface area contributed by atoms with Gasteiger partial charge in [0, 0.05) is 4.79 Å². The minimum atomic E-state index is -0.500. The molecule has 1 atom stereocenters. The molecule has 0 aromatic rings. The highest BCUT2D eigenvalue weighted by molar-refractivity contribution is 5.73. The van der Waals surface area contributed by atoms with Gasteiger partial charge in [0.15, 0.2) is 6.04 Å². The molecular formula is C7H16NO2+. The summed E-state index contributed by atoms with van der Waals surface area (Å²) in [4.78, 5) is 12.4. The Morgan fingerprint density at radius 1 is 1.40 bits per heavy atom. The molecule has 0 unspecified atom stereocenters. The molecule has 0 fully saturated rings. The van der Waals surface area contributed by atoms with Gasteiger partial charge >= 0.3 is 5.97 Å². The minimum absolute atomic E-state index is 0.222. The molecule has 0 aliphatic rings. The zero-order valence-electron chi connectivity index (χ0n) is 7.01. The van der Waals surface area contributed by atoms with Crippen molar-refractivity contribution in [1.29, 1.82) is 0 Å². The fourth-order valence-electron chi connectivity index (χ4n) is 1.13. The Morgan fingerprint density at radius 2 is 1.80 bits per heavy atom. The lowest BCUT2D eigenvalue weighted by atomic mass is 10.0. The number of nitrogens with zero attached hydrogens (tertiary/aromatic N) is 1. The summed E-state index contributed by atoms with van der Waals surface area (Å²) in [5, 5.41) is 6.92. The third-order valence-corrected chi connectivity index (χ3v) is 1.46. The molecule has 0 heterocycles. The van der Waals surface area contributed by atoms with E-state index in [2.05, 4.69) is 0 Å². The summed E-state index contributed by atoms with van der Waals surface area (Å²) in [6.45, 7) is 3.88. The maximum atomic E-state index is 10.7. The first kappa shape index (κ1) is 9.43. The molecule has 0 bridgehead atoms. The predicted molar refractivity (Wildman–Crippen MR) is 40.9 cm³/mol. The van der Waals surface area contributed by atoms with Gasteiger partial charge in [0.2, 0.25) is 0 Å². The van der Waals surface area contributed by atoms with Gasteiger partial charge < -0.3 is 5.11 Å². The lowest BCUT2D eigenvalue weighted by Gasteiger charge is -2.19. The van der Waals surface area contributed by atoms with E-state index in [0.717, 1.165) is 0 Å². The molecule has 0 rings (SSSR count). The van der Waals surface area contributed by atoms with E-state index in [9.17, 15) is 4.79 Å². The van der Waals surface area contributed by atoms with Gasteiger partial charge in [-0.3, -0.25) is 4.90 Å². The highest BCUT2D eigenvalue weighted by Crippen LogP contribution is 2.06. The van der Waals surface area contributed by atoms with E-state index in [1.807, 2.05) is 27.9 Å². The highest BCUT2D eigenvalue weighted by Gasteiger charge is 2.29. The first-order valence-corrected chi connectivity index (χ1v) is 3.38. The van der Waals surface area contributed by atoms with E-state index in [0.29, 0.717) is 0 Å². The quantitative estimate of drug-likeness (QED) is 0.518. The fraction of sp³-hybridized carbons (Fsp3) is 0.857. The van der Waals surface area contributed by atoms with Crippen molar-refractivity contribution in [2.45, 2.75) is 19.9 Å². The van der Waals surface area contributed by atoms with Gasteiger partial charge in [-0.2, -0.15) is 0 Å². The molecule has 2 N–H and O–H groups in total. The summed E-state index contributed by atoms with van der Waals surface area (Å²) >= 11 is 0. The third-order valence-electron chi connectivity index (χ3n) is 1.46. The molecule has 0 saturated heterocycles. The molecule has 0 radical (unpaired) electrons. The van der Waals surface area contributed by atoms with Gasteiger partial charge in [0.25, 0.3) is 0 Å². The summed E-state index contributed by atoms with van der Waals surface area (Å²) < 4.78 is 0. The van der Waals surface area contributed by atoms with Crippen molar-refractivity contribution in [3.05, 3.63) is 0 Å². The molecule has 10 heavy (non-hydrogen) atoms. The molecule has 3 nitrogen and oxygen atoms in total. The van der Waals surface area contributed by atoms with E-state index < -0.39 is 5.97 Å². The topological polar surface area (TPSA) is 43.2 Å². The Morgan fingerprint density at radius 3 is 1.80 bits per heavy atom. The summed E-state index contributed by atoms with van der Waals surface area (Å²) in [7, 11) is 3.63. The van der Waals surface area contributed by atoms with Crippen LogP contribution in [0.2, 0.25) is 0 Å². The highest BCUT2D eigenvalue weighted by atomic mass is 16.4. The monoisotopic (exact) mass is 146 g/mol. The standard InChI is InChI=1S/C7H15NO2/c1-5(2)6(7(9)10)8(3)4/h5-6H,1-4H3,(H,9,10)/p+1/t6-/m1/s1. The second-order valence-electron chi connectivity index (χ2n) is 3.02. The molecule has 0 spiro atoms. The molecule has 0 amide bonds. The van der Waals surface area contributed by atoms with Crippen molar-refractivity contribution >= 4 is 5.97 Å². The van der Waals surface area contributed by atoms with Crippen LogP contribution in [-0.4, -0.2) is 36.1 Å². The van der Waals surface area contributed by atoms with Crippen molar-refractivity contribution < 1.29 is 9.90 Å².